The molecule has 0 fully saturated rings. The van der Waals surface area contributed by atoms with E-state index in [9.17, 15) is 35.2 Å². The van der Waals surface area contributed by atoms with E-state index in [0.717, 1.165) is 0 Å². The molecular weight excluding hydrogens is 472 g/mol. The van der Waals surface area contributed by atoms with E-state index in [1.807, 2.05) is 0 Å². The van der Waals surface area contributed by atoms with E-state index in [4.69, 9.17) is 9.47 Å². The SMILES string of the molecule is C[C@H](O)CCCCc1cc([N+](=O)[O-])ccc1OC(=O)Oc1ccc([N+](=O)[O-])cc1CCCC[C@H](C)O. The number of nitrogens with zero attached hydrogens (tertiary/aromatic N) is 2. The van der Waals surface area contributed by atoms with Crippen molar-refractivity contribution in [1.82, 2.24) is 0 Å². The molecule has 2 N–H and O–H groups in total. The average molecular weight is 505 g/mol. The van der Waals surface area contributed by atoms with E-state index < -0.39 is 28.2 Å². The average Bonchev–Trinajstić information content (AvgIpc) is 2.80. The minimum atomic E-state index is -1.08. The highest BCUT2D eigenvalue weighted by Crippen LogP contribution is 2.29. The maximum Gasteiger partial charge on any atom is 0.519 e. The number of nitro groups is 2. The van der Waals surface area contributed by atoms with Gasteiger partial charge in [0, 0.05) is 35.4 Å². The van der Waals surface area contributed by atoms with E-state index in [-0.39, 0.29) is 22.9 Å². The number of unbranched alkanes of at least 4 members (excludes halogenated alkanes) is 2. The number of carbonyl (C=O) groups is 1. The van der Waals surface area contributed by atoms with Gasteiger partial charge in [-0.15, -0.1) is 0 Å². The summed E-state index contributed by atoms with van der Waals surface area (Å²) in [4.78, 5) is 33.9. The van der Waals surface area contributed by atoms with Gasteiger partial charge in [-0.3, -0.25) is 20.2 Å². The maximum atomic E-state index is 12.6. The lowest BCUT2D eigenvalue weighted by molar-refractivity contribution is -0.385. The molecule has 2 aromatic rings. The van der Waals surface area contributed by atoms with Crippen molar-refractivity contribution in [3.05, 3.63) is 67.8 Å². The summed E-state index contributed by atoms with van der Waals surface area (Å²) in [6.45, 7) is 3.36. The molecule has 0 aliphatic carbocycles. The fraction of sp³-hybridized carbons (Fsp3) is 0.480. The molecule has 0 amide bonds. The number of hydrogen-bond acceptors (Lipinski definition) is 9. The third-order valence-corrected chi connectivity index (χ3v) is 5.53. The summed E-state index contributed by atoms with van der Waals surface area (Å²) in [5, 5.41) is 41.2. The third-order valence-electron chi connectivity index (χ3n) is 5.53. The zero-order chi connectivity index (χ0) is 26.7. The van der Waals surface area contributed by atoms with Gasteiger partial charge in [-0.2, -0.15) is 0 Å². The summed E-state index contributed by atoms with van der Waals surface area (Å²) in [5.74, 6) is 0.228. The van der Waals surface area contributed by atoms with Gasteiger partial charge in [0.05, 0.1) is 22.1 Å². The Kier molecular flexibility index (Phi) is 11.2. The van der Waals surface area contributed by atoms with Crippen LogP contribution in [-0.4, -0.2) is 38.4 Å². The van der Waals surface area contributed by atoms with Crippen molar-refractivity contribution in [2.45, 2.75) is 77.4 Å². The normalized spacial score (nSPS) is 12.6. The summed E-state index contributed by atoms with van der Waals surface area (Å²) in [5.41, 5.74) is 0.620. The Hall–Kier alpha value is -3.57. The number of carbonyl (C=O) groups excluding carboxylic acids is 1. The number of benzene rings is 2. The number of aliphatic hydroxyl groups is 2. The first kappa shape index (κ1) is 28.7. The quantitative estimate of drug-likeness (QED) is 0.115. The Morgan fingerprint density at radius 3 is 1.50 bits per heavy atom. The number of aryl methyl sites for hydroxylation is 2. The lowest BCUT2D eigenvalue weighted by Gasteiger charge is -2.13. The number of ether oxygens (including phenoxy) is 2. The Balaban J connectivity index is 2.16. The minimum Gasteiger partial charge on any atom is -0.394 e. The molecule has 36 heavy (non-hydrogen) atoms. The second-order valence-corrected chi connectivity index (χ2v) is 8.74. The smallest absolute Gasteiger partial charge is 0.394 e. The highest BCUT2D eigenvalue weighted by atomic mass is 16.7. The predicted molar refractivity (Wildman–Crippen MR) is 131 cm³/mol. The molecule has 0 saturated heterocycles. The van der Waals surface area contributed by atoms with E-state index in [1.54, 1.807) is 13.8 Å². The van der Waals surface area contributed by atoms with E-state index in [1.165, 1.54) is 36.4 Å². The van der Waals surface area contributed by atoms with Gasteiger partial charge < -0.3 is 19.7 Å². The fourth-order valence-electron chi connectivity index (χ4n) is 3.66. The van der Waals surface area contributed by atoms with Crippen molar-refractivity contribution in [2.24, 2.45) is 0 Å². The van der Waals surface area contributed by atoms with E-state index in [0.29, 0.717) is 62.5 Å². The summed E-state index contributed by atoms with van der Waals surface area (Å²) in [7, 11) is 0. The molecule has 0 bridgehead atoms. The van der Waals surface area contributed by atoms with Crippen molar-refractivity contribution in [3.63, 3.8) is 0 Å². The highest BCUT2D eigenvalue weighted by molar-refractivity contribution is 5.69. The fourth-order valence-corrected chi connectivity index (χ4v) is 3.66. The molecule has 196 valence electrons. The van der Waals surface area contributed by atoms with Crippen LogP contribution in [0.5, 0.6) is 11.5 Å². The largest absolute Gasteiger partial charge is 0.519 e. The predicted octanol–water partition coefficient (Wildman–Crippen LogP) is 5.27. The monoisotopic (exact) mass is 504 g/mol. The molecule has 0 spiro atoms. The van der Waals surface area contributed by atoms with Crippen LogP contribution >= 0.6 is 0 Å². The van der Waals surface area contributed by atoms with Crippen LogP contribution in [0.4, 0.5) is 16.2 Å². The number of aliphatic hydroxyl groups excluding tert-OH is 2. The number of hydrogen-bond donors (Lipinski definition) is 2. The van der Waals surface area contributed by atoms with Crippen LogP contribution in [0.3, 0.4) is 0 Å². The molecule has 11 heteroatoms. The van der Waals surface area contributed by atoms with Crippen molar-refractivity contribution in [3.8, 4) is 11.5 Å². The van der Waals surface area contributed by atoms with Crippen molar-refractivity contribution in [2.75, 3.05) is 0 Å². The van der Waals surface area contributed by atoms with Crippen molar-refractivity contribution < 1.29 is 34.3 Å². The van der Waals surface area contributed by atoms with Gasteiger partial charge in [-0.05, 0) is 64.5 Å². The van der Waals surface area contributed by atoms with Crippen LogP contribution < -0.4 is 9.47 Å². The molecule has 0 saturated carbocycles. The molecule has 2 atom stereocenters. The Morgan fingerprint density at radius 1 is 0.778 bits per heavy atom. The zero-order valence-electron chi connectivity index (χ0n) is 20.4. The molecule has 2 aromatic carbocycles. The lowest BCUT2D eigenvalue weighted by Crippen LogP contribution is -2.16. The molecule has 11 nitrogen and oxygen atoms in total. The topological polar surface area (TPSA) is 162 Å². The van der Waals surface area contributed by atoms with Crippen LogP contribution in [0.25, 0.3) is 0 Å². The molecule has 0 aromatic heterocycles. The van der Waals surface area contributed by atoms with Gasteiger partial charge >= 0.3 is 6.16 Å². The van der Waals surface area contributed by atoms with Crippen LogP contribution in [0.15, 0.2) is 36.4 Å². The van der Waals surface area contributed by atoms with Gasteiger partial charge in [-0.25, -0.2) is 4.79 Å². The van der Waals surface area contributed by atoms with Gasteiger partial charge in [0.1, 0.15) is 11.5 Å². The van der Waals surface area contributed by atoms with Gasteiger partial charge in [0.25, 0.3) is 11.4 Å². The van der Waals surface area contributed by atoms with E-state index in [2.05, 4.69) is 0 Å². The van der Waals surface area contributed by atoms with Crippen molar-refractivity contribution >= 4 is 17.5 Å². The lowest BCUT2D eigenvalue weighted by atomic mass is 10.0. The van der Waals surface area contributed by atoms with Crippen LogP contribution in [-0.2, 0) is 12.8 Å². The maximum absolute atomic E-state index is 12.6. The van der Waals surface area contributed by atoms with Crippen LogP contribution in [0, 0.1) is 20.2 Å². The Labute approximate surface area is 209 Å². The van der Waals surface area contributed by atoms with Gasteiger partial charge in [-0.1, -0.05) is 12.8 Å². The summed E-state index contributed by atoms with van der Waals surface area (Å²) in [6, 6.07) is 7.78. The highest BCUT2D eigenvalue weighted by Gasteiger charge is 2.19. The molecule has 2 rings (SSSR count). The van der Waals surface area contributed by atoms with Gasteiger partial charge in [0.2, 0.25) is 0 Å². The minimum absolute atomic E-state index is 0.114. The first-order valence-corrected chi connectivity index (χ1v) is 11.9. The number of rotatable bonds is 14. The number of non-ortho nitro benzene ring substituents is 2. The standard InChI is InChI=1S/C25H32N2O9/c1-17(28)7-3-5-9-19-15-21(26(31)32)11-13-23(19)35-25(30)36-24-14-12-22(27(33)34)16-20(24)10-6-4-8-18(2)29/h11-18,28-29H,3-10H2,1-2H3/t17-,18-/m0/s1. The first-order chi connectivity index (χ1) is 17.1. The molecule has 0 heterocycles. The molecule has 0 unspecified atom stereocenters. The van der Waals surface area contributed by atoms with Crippen LogP contribution in [0.2, 0.25) is 0 Å². The molecule has 0 radical (unpaired) electrons. The summed E-state index contributed by atoms with van der Waals surface area (Å²) >= 11 is 0. The third kappa shape index (κ3) is 9.59. The number of nitro benzene ring substituents is 2. The van der Waals surface area contributed by atoms with Crippen LogP contribution in [0.1, 0.15) is 63.5 Å². The Morgan fingerprint density at radius 2 is 1.17 bits per heavy atom. The van der Waals surface area contributed by atoms with Crippen molar-refractivity contribution in [1.29, 1.82) is 0 Å². The molecule has 0 aliphatic heterocycles. The first-order valence-electron chi connectivity index (χ1n) is 11.9. The summed E-state index contributed by atoms with van der Waals surface area (Å²) < 4.78 is 10.7. The zero-order valence-corrected chi connectivity index (χ0v) is 20.4. The molecule has 0 aliphatic rings. The second kappa shape index (κ2) is 14.1. The second-order valence-electron chi connectivity index (χ2n) is 8.74. The van der Waals surface area contributed by atoms with Gasteiger partial charge in [0.15, 0.2) is 0 Å². The molecular formula is C25H32N2O9. The summed E-state index contributed by atoms with van der Waals surface area (Å²) in [6.07, 6.45) is 2.57. The van der Waals surface area contributed by atoms with E-state index >= 15 is 0 Å². The Bertz CT molecular complexity index is 972.